The van der Waals surface area contributed by atoms with Gasteiger partial charge in [-0.1, -0.05) is 54.6 Å². The number of H-pyrrole nitrogens is 1. The Hall–Kier alpha value is -4.22. The average Bonchev–Trinajstić information content (AvgIpc) is 3.30. The Morgan fingerprint density at radius 1 is 0.850 bits per heavy atom. The molecular weight excluding hydrogens is 516 g/mol. The van der Waals surface area contributed by atoms with Gasteiger partial charge >= 0.3 is 5.69 Å². The fourth-order valence-corrected chi connectivity index (χ4v) is 5.08. The van der Waals surface area contributed by atoms with Crippen LogP contribution in [0.1, 0.15) is 22.9 Å². The van der Waals surface area contributed by atoms with Crippen LogP contribution in [0.4, 0.5) is 0 Å². The van der Waals surface area contributed by atoms with Crippen LogP contribution in [0.5, 0.6) is 11.5 Å². The number of aromatic nitrogens is 2. The Balaban J connectivity index is 1.74. The number of aliphatic hydroxyl groups is 2. The Morgan fingerprint density at radius 3 is 1.90 bits per heavy atom. The van der Waals surface area contributed by atoms with Crippen LogP contribution < -0.4 is 20.7 Å². The number of rotatable bonds is 9. The fraction of sp³-hybridized carbons (Fsp3) is 0.267. The van der Waals surface area contributed by atoms with Crippen LogP contribution in [0.15, 0.2) is 101 Å². The molecule has 0 radical (unpaired) electrons. The number of methoxy groups -OCH3 is 2. The Kier molecular flexibility index (Phi) is 7.85. The van der Waals surface area contributed by atoms with E-state index < -0.39 is 48.0 Å². The zero-order chi connectivity index (χ0) is 28.3. The third-order valence-corrected chi connectivity index (χ3v) is 7.10. The van der Waals surface area contributed by atoms with Crippen LogP contribution in [0.3, 0.4) is 0 Å². The third-order valence-electron chi connectivity index (χ3n) is 7.10. The van der Waals surface area contributed by atoms with Crippen LogP contribution in [0.25, 0.3) is 0 Å². The second kappa shape index (κ2) is 11.5. The first-order valence-corrected chi connectivity index (χ1v) is 12.7. The molecule has 10 nitrogen and oxygen atoms in total. The highest BCUT2D eigenvalue weighted by molar-refractivity contribution is 5.50. The van der Waals surface area contributed by atoms with Gasteiger partial charge in [0, 0.05) is 12.3 Å². The SMILES string of the molecule is COc1ccc(C(O[C@H]2[C@H](O)[C@@H](CO)O[C@H]2n2ccc(=O)[nH]c2=O)(c2ccccc2)c2ccc(OC)cc2)cc1. The van der Waals surface area contributed by atoms with Gasteiger partial charge in [0.15, 0.2) is 6.23 Å². The minimum atomic E-state index is -1.33. The molecule has 1 saturated heterocycles. The van der Waals surface area contributed by atoms with Crippen molar-refractivity contribution in [2.75, 3.05) is 20.8 Å². The molecule has 1 aromatic heterocycles. The molecule has 10 heteroatoms. The monoisotopic (exact) mass is 546 g/mol. The van der Waals surface area contributed by atoms with Gasteiger partial charge in [0.2, 0.25) is 0 Å². The van der Waals surface area contributed by atoms with Gasteiger partial charge in [0.25, 0.3) is 5.56 Å². The molecule has 208 valence electrons. The number of ether oxygens (including phenoxy) is 4. The van der Waals surface area contributed by atoms with Crippen molar-refractivity contribution >= 4 is 0 Å². The van der Waals surface area contributed by atoms with Gasteiger partial charge in [0.05, 0.1) is 20.8 Å². The number of benzene rings is 3. The normalized spacial score (nSPS) is 20.8. The van der Waals surface area contributed by atoms with Crippen molar-refractivity contribution in [3.05, 3.63) is 129 Å². The molecule has 0 saturated carbocycles. The summed E-state index contributed by atoms with van der Waals surface area (Å²) in [6, 6.07) is 25.3. The highest BCUT2D eigenvalue weighted by Gasteiger charge is 2.51. The summed E-state index contributed by atoms with van der Waals surface area (Å²) in [5.74, 6) is 1.28. The van der Waals surface area contributed by atoms with Crippen LogP contribution in [-0.4, -0.2) is 58.9 Å². The third kappa shape index (κ3) is 4.93. The number of aromatic amines is 1. The first-order chi connectivity index (χ1) is 19.4. The van der Waals surface area contributed by atoms with Gasteiger partial charge in [-0.15, -0.1) is 0 Å². The summed E-state index contributed by atoms with van der Waals surface area (Å²) in [4.78, 5) is 26.8. The van der Waals surface area contributed by atoms with E-state index in [0.29, 0.717) is 22.6 Å². The van der Waals surface area contributed by atoms with Gasteiger partial charge in [-0.3, -0.25) is 14.3 Å². The lowest BCUT2D eigenvalue weighted by atomic mass is 9.79. The van der Waals surface area contributed by atoms with Crippen molar-refractivity contribution in [1.29, 1.82) is 0 Å². The maximum absolute atomic E-state index is 12.8. The molecular formula is C30H30N2O8. The van der Waals surface area contributed by atoms with Crippen LogP contribution in [0.2, 0.25) is 0 Å². The highest BCUT2D eigenvalue weighted by Crippen LogP contribution is 2.46. The lowest BCUT2D eigenvalue weighted by Gasteiger charge is -2.40. The Bertz CT molecular complexity index is 1490. The molecule has 4 aromatic rings. The van der Waals surface area contributed by atoms with E-state index >= 15 is 0 Å². The standard InChI is InChI=1S/C30H30N2O8/c1-37-22-12-8-20(9-13-22)30(19-6-4-3-5-7-19,21-10-14-23(38-2)15-11-21)40-27-26(35)24(18-33)39-28(27)32-17-16-25(34)31-29(32)36/h3-17,24,26-28,33,35H,18H2,1-2H3,(H,31,34,36)/t24-,26-,27+,28-/m1/s1. The van der Waals surface area contributed by atoms with E-state index in [4.69, 9.17) is 18.9 Å². The molecule has 3 aromatic carbocycles. The molecule has 2 heterocycles. The van der Waals surface area contributed by atoms with Crippen LogP contribution in [-0.2, 0) is 15.1 Å². The summed E-state index contributed by atoms with van der Waals surface area (Å²) in [6.07, 6.45) is -3.43. The quantitative estimate of drug-likeness (QED) is 0.272. The summed E-state index contributed by atoms with van der Waals surface area (Å²) >= 11 is 0. The number of aliphatic hydroxyl groups excluding tert-OH is 2. The Morgan fingerprint density at radius 2 is 1.40 bits per heavy atom. The second-order valence-electron chi connectivity index (χ2n) is 9.34. The van der Waals surface area contributed by atoms with Crippen molar-refractivity contribution in [2.24, 2.45) is 0 Å². The summed E-state index contributed by atoms with van der Waals surface area (Å²) in [5, 5.41) is 21.3. The number of nitrogens with one attached hydrogen (secondary N) is 1. The van der Waals surface area contributed by atoms with E-state index in [1.54, 1.807) is 14.2 Å². The number of hydrogen-bond donors (Lipinski definition) is 3. The lowest BCUT2D eigenvalue weighted by Crippen LogP contribution is -2.45. The minimum absolute atomic E-state index is 0.515. The molecule has 0 aliphatic carbocycles. The van der Waals surface area contributed by atoms with E-state index in [1.807, 2.05) is 78.9 Å². The van der Waals surface area contributed by atoms with Crippen molar-refractivity contribution in [2.45, 2.75) is 30.1 Å². The molecule has 4 atom stereocenters. The van der Waals surface area contributed by atoms with Crippen LogP contribution >= 0.6 is 0 Å². The first-order valence-electron chi connectivity index (χ1n) is 12.7. The van der Waals surface area contributed by atoms with Crippen molar-refractivity contribution in [3.63, 3.8) is 0 Å². The van der Waals surface area contributed by atoms with Crippen molar-refractivity contribution < 1.29 is 29.2 Å². The van der Waals surface area contributed by atoms with E-state index in [9.17, 15) is 19.8 Å². The maximum Gasteiger partial charge on any atom is 0.330 e. The lowest BCUT2D eigenvalue weighted by molar-refractivity contribution is -0.124. The largest absolute Gasteiger partial charge is 0.497 e. The van der Waals surface area contributed by atoms with E-state index in [-0.39, 0.29) is 0 Å². The van der Waals surface area contributed by atoms with Gasteiger partial charge in [0.1, 0.15) is 35.4 Å². The molecule has 1 aliphatic rings. The van der Waals surface area contributed by atoms with E-state index in [2.05, 4.69) is 4.98 Å². The molecule has 0 spiro atoms. The number of nitrogens with zero attached hydrogens (tertiary/aromatic N) is 1. The van der Waals surface area contributed by atoms with Crippen LogP contribution in [0, 0.1) is 0 Å². The summed E-state index contributed by atoms with van der Waals surface area (Å²) in [6.45, 7) is -0.515. The minimum Gasteiger partial charge on any atom is -0.497 e. The van der Waals surface area contributed by atoms with Gasteiger partial charge in [-0.05, 0) is 41.0 Å². The smallest absolute Gasteiger partial charge is 0.330 e. The topological polar surface area (TPSA) is 132 Å². The highest BCUT2D eigenvalue weighted by atomic mass is 16.6. The molecule has 5 rings (SSSR count). The van der Waals surface area contributed by atoms with Gasteiger partial charge in [-0.2, -0.15) is 0 Å². The molecule has 40 heavy (non-hydrogen) atoms. The van der Waals surface area contributed by atoms with Gasteiger partial charge in [-0.25, -0.2) is 4.79 Å². The summed E-state index contributed by atoms with van der Waals surface area (Å²) in [7, 11) is 3.15. The van der Waals surface area contributed by atoms with Crippen molar-refractivity contribution in [3.8, 4) is 11.5 Å². The number of hydrogen-bond acceptors (Lipinski definition) is 8. The zero-order valence-electron chi connectivity index (χ0n) is 22.0. The fourth-order valence-electron chi connectivity index (χ4n) is 5.08. The van der Waals surface area contributed by atoms with Crippen molar-refractivity contribution in [1.82, 2.24) is 9.55 Å². The molecule has 1 fully saturated rings. The maximum atomic E-state index is 12.8. The van der Waals surface area contributed by atoms with Gasteiger partial charge < -0.3 is 29.2 Å². The molecule has 0 amide bonds. The van der Waals surface area contributed by atoms with E-state index in [1.165, 1.54) is 12.3 Å². The molecule has 1 aliphatic heterocycles. The molecule has 3 N–H and O–H groups in total. The Labute approximate surface area is 230 Å². The van der Waals surface area contributed by atoms with E-state index in [0.717, 1.165) is 10.1 Å². The zero-order valence-corrected chi connectivity index (χ0v) is 22.0. The average molecular weight is 547 g/mol. The first kappa shape index (κ1) is 27.4. The summed E-state index contributed by atoms with van der Waals surface area (Å²) < 4.78 is 24.8. The predicted octanol–water partition coefficient (Wildman–Crippen LogP) is 2.18. The predicted molar refractivity (Wildman–Crippen MR) is 146 cm³/mol. The summed E-state index contributed by atoms with van der Waals surface area (Å²) in [5.41, 5.74) is -0.503. The molecule has 0 unspecified atom stereocenters. The molecule has 0 bridgehead atoms. The second-order valence-corrected chi connectivity index (χ2v) is 9.34.